The van der Waals surface area contributed by atoms with Gasteiger partial charge < -0.3 is 4.74 Å². The largest absolute Gasteiger partial charge is 0.464 e. The second-order valence-electron chi connectivity index (χ2n) is 4.72. The minimum atomic E-state index is -0.429. The fourth-order valence-corrected chi connectivity index (χ4v) is 2.31. The highest BCUT2D eigenvalue weighted by Gasteiger charge is 2.14. The quantitative estimate of drug-likeness (QED) is 0.674. The van der Waals surface area contributed by atoms with Gasteiger partial charge in [-0.05, 0) is 18.6 Å². The third kappa shape index (κ3) is 2.36. The van der Waals surface area contributed by atoms with Crippen LogP contribution in [-0.4, -0.2) is 23.0 Å². The number of esters is 1. The molecular formula is C17H14N2O2. The van der Waals surface area contributed by atoms with E-state index in [4.69, 9.17) is 4.74 Å². The highest BCUT2D eigenvalue weighted by Crippen LogP contribution is 2.23. The predicted octanol–water partition coefficient (Wildman–Crippen LogP) is 3.39. The summed E-state index contributed by atoms with van der Waals surface area (Å²) in [6, 6.07) is 13.9. The van der Waals surface area contributed by atoms with Gasteiger partial charge in [0.1, 0.15) is 0 Å². The molecule has 0 saturated heterocycles. The fourth-order valence-electron chi connectivity index (χ4n) is 2.31. The van der Waals surface area contributed by atoms with E-state index in [1.165, 1.54) is 7.11 Å². The van der Waals surface area contributed by atoms with Gasteiger partial charge in [0.2, 0.25) is 0 Å². The summed E-state index contributed by atoms with van der Waals surface area (Å²) in [7, 11) is 1.35. The average molecular weight is 278 g/mol. The molecule has 4 nitrogen and oxygen atoms in total. The van der Waals surface area contributed by atoms with E-state index in [2.05, 4.69) is 9.97 Å². The molecule has 104 valence electrons. The molecule has 0 fully saturated rings. The maximum Gasteiger partial charge on any atom is 0.356 e. The molecule has 0 bridgehead atoms. The molecule has 0 saturated carbocycles. The molecule has 0 atom stereocenters. The lowest BCUT2D eigenvalue weighted by Crippen LogP contribution is -2.07. The first-order chi connectivity index (χ1) is 10.2. The van der Waals surface area contributed by atoms with Crippen molar-refractivity contribution in [2.45, 2.75) is 6.92 Å². The van der Waals surface area contributed by atoms with Crippen LogP contribution in [0, 0.1) is 6.92 Å². The number of rotatable bonds is 2. The van der Waals surface area contributed by atoms with Gasteiger partial charge in [-0.15, -0.1) is 0 Å². The smallest absolute Gasteiger partial charge is 0.356 e. The predicted molar refractivity (Wildman–Crippen MR) is 81.1 cm³/mol. The third-order valence-corrected chi connectivity index (χ3v) is 3.45. The lowest BCUT2D eigenvalue weighted by molar-refractivity contribution is 0.0593. The van der Waals surface area contributed by atoms with Crippen molar-refractivity contribution in [2.75, 3.05) is 7.11 Å². The van der Waals surface area contributed by atoms with Crippen molar-refractivity contribution in [3.63, 3.8) is 0 Å². The summed E-state index contributed by atoms with van der Waals surface area (Å²) >= 11 is 0. The van der Waals surface area contributed by atoms with E-state index in [0.29, 0.717) is 5.69 Å². The maximum absolute atomic E-state index is 11.7. The normalized spacial score (nSPS) is 10.6. The summed E-state index contributed by atoms with van der Waals surface area (Å²) in [4.78, 5) is 20.5. The van der Waals surface area contributed by atoms with Crippen molar-refractivity contribution in [3.05, 3.63) is 59.9 Å². The SMILES string of the molecule is COC(=O)c1ncc2nc(-c3ccccc3)ccc2c1C. The van der Waals surface area contributed by atoms with E-state index in [9.17, 15) is 4.79 Å². The van der Waals surface area contributed by atoms with Gasteiger partial charge in [0, 0.05) is 10.9 Å². The minimum Gasteiger partial charge on any atom is -0.464 e. The van der Waals surface area contributed by atoms with Gasteiger partial charge in [0.15, 0.2) is 5.69 Å². The zero-order valence-electron chi connectivity index (χ0n) is 11.8. The molecule has 0 aliphatic heterocycles. The molecule has 0 spiro atoms. The zero-order valence-corrected chi connectivity index (χ0v) is 11.8. The molecule has 0 aliphatic carbocycles. The molecule has 21 heavy (non-hydrogen) atoms. The van der Waals surface area contributed by atoms with E-state index in [1.807, 2.05) is 49.4 Å². The number of aromatic nitrogens is 2. The van der Waals surface area contributed by atoms with Crippen LogP contribution in [0.2, 0.25) is 0 Å². The second-order valence-corrected chi connectivity index (χ2v) is 4.72. The molecule has 0 N–H and O–H groups in total. The summed E-state index contributed by atoms with van der Waals surface area (Å²) in [5, 5.41) is 0.907. The van der Waals surface area contributed by atoms with Gasteiger partial charge in [-0.1, -0.05) is 36.4 Å². The number of methoxy groups -OCH3 is 1. The van der Waals surface area contributed by atoms with Crippen molar-refractivity contribution in [3.8, 4) is 11.3 Å². The van der Waals surface area contributed by atoms with Crippen molar-refractivity contribution in [1.82, 2.24) is 9.97 Å². The van der Waals surface area contributed by atoms with Crippen LogP contribution in [0.25, 0.3) is 22.2 Å². The van der Waals surface area contributed by atoms with E-state index < -0.39 is 5.97 Å². The van der Waals surface area contributed by atoms with E-state index >= 15 is 0 Å². The van der Waals surface area contributed by atoms with Crippen LogP contribution in [-0.2, 0) is 4.74 Å². The number of nitrogens with zero attached hydrogens (tertiary/aromatic N) is 2. The average Bonchev–Trinajstić information content (AvgIpc) is 2.55. The first-order valence-electron chi connectivity index (χ1n) is 6.61. The summed E-state index contributed by atoms with van der Waals surface area (Å²) in [6.45, 7) is 1.85. The van der Waals surface area contributed by atoms with Crippen LogP contribution in [0.15, 0.2) is 48.7 Å². The number of hydrogen-bond acceptors (Lipinski definition) is 4. The lowest BCUT2D eigenvalue weighted by Gasteiger charge is -2.08. The Morgan fingerprint density at radius 2 is 1.86 bits per heavy atom. The van der Waals surface area contributed by atoms with Crippen molar-refractivity contribution >= 4 is 16.9 Å². The van der Waals surface area contributed by atoms with Crippen molar-refractivity contribution in [2.24, 2.45) is 0 Å². The summed E-state index contributed by atoms with van der Waals surface area (Å²) < 4.78 is 4.74. The van der Waals surface area contributed by atoms with Gasteiger partial charge in [-0.2, -0.15) is 0 Å². The Labute approximate surface area is 122 Å². The summed E-state index contributed by atoms with van der Waals surface area (Å²) in [6.07, 6.45) is 1.61. The maximum atomic E-state index is 11.7. The van der Waals surface area contributed by atoms with Crippen molar-refractivity contribution in [1.29, 1.82) is 0 Å². The van der Waals surface area contributed by atoms with Crippen LogP contribution < -0.4 is 0 Å². The number of ether oxygens (including phenoxy) is 1. The Kier molecular flexibility index (Phi) is 3.36. The minimum absolute atomic E-state index is 0.333. The van der Waals surface area contributed by atoms with Gasteiger partial charge >= 0.3 is 5.97 Å². The molecule has 1 aromatic carbocycles. The zero-order chi connectivity index (χ0) is 14.8. The van der Waals surface area contributed by atoms with E-state index in [-0.39, 0.29) is 0 Å². The van der Waals surface area contributed by atoms with Gasteiger partial charge in [-0.25, -0.2) is 14.8 Å². The summed E-state index contributed by atoms with van der Waals surface area (Å²) in [5.74, 6) is -0.429. The molecule has 3 aromatic rings. The number of carbonyl (C=O) groups excluding carboxylic acids is 1. The van der Waals surface area contributed by atoms with E-state index in [1.54, 1.807) is 6.20 Å². The van der Waals surface area contributed by atoms with Gasteiger partial charge in [-0.3, -0.25) is 0 Å². The first kappa shape index (κ1) is 13.2. The van der Waals surface area contributed by atoms with Gasteiger partial charge in [0.25, 0.3) is 0 Å². The topological polar surface area (TPSA) is 52.1 Å². The van der Waals surface area contributed by atoms with Crippen LogP contribution in [0.5, 0.6) is 0 Å². The summed E-state index contributed by atoms with van der Waals surface area (Å²) in [5.41, 5.74) is 3.82. The standard InChI is InChI=1S/C17H14N2O2/c1-11-13-8-9-14(12-6-4-3-5-7-12)19-15(13)10-18-16(11)17(20)21-2/h3-10H,1-2H3. The molecule has 2 aromatic heterocycles. The number of pyridine rings is 2. The second kappa shape index (κ2) is 5.32. The molecule has 3 rings (SSSR count). The number of carbonyl (C=O) groups is 1. The van der Waals surface area contributed by atoms with Crippen LogP contribution in [0.4, 0.5) is 0 Å². The van der Waals surface area contributed by atoms with Crippen LogP contribution in [0.1, 0.15) is 16.1 Å². The Balaban J connectivity index is 2.15. The number of hydrogen-bond donors (Lipinski definition) is 0. The fraction of sp³-hybridized carbons (Fsp3) is 0.118. The van der Waals surface area contributed by atoms with Gasteiger partial charge in [0.05, 0.1) is 24.5 Å². The molecule has 0 radical (unpaired) electrons. The molecule has 2 heterocycles. The van der Waals surface area contributed by atoms with Crippen LogP contribution in [0.3, 0.4) is 0 Å². The number of benzene rings is 1. The molecule has 4 heteroatoms. The Morgan fingerprint density at radius 1 is 1.10 bits per heavy atom. The molecular weight excluding hydrogens is 264 g/mol. The molecule has 0 aliphatic rings. The highest BCUT2D eigenvalue weighted by atomic mass is 16.5. The number of fused-ring (bicyclic) bond motifs is 1. The lowest BCUT2D eigenvalue weighted by atomic mass is 10.1. The molecule has 0 unspecified atom stereocenters. The van der Waals surface area contributed by atoms with E-state index in [0.717, 1.165) is 27.7 Å². The van der Waals surface area contributed by atoms with Crippen LogP contribution >= 0.6 is 0 Å². The third-order valence-electron chi connectivity index (χ3n) is 3.45. The Hall–Kier alpha value is -2.75. The highest BCUT2D eigenvalue weighted by molar-refractivity contribution is 5.95. The Bertz CT molecular complexity index is 814. The molecule has 0 amide bonds. The monoisotopic (exact) mass is 278 g/mol. The first-order valence-corrected chi connectivity index (χ1v) is 6.61. The number of aryl methyl sites for hydroxylation is 1. The Morgan fingerprint density at radius 3 is 2.57 bits per heavy atom. The van der Waals surface area contributed by atoms with Crippen molar-refractivity contribution < 1.29 is 9.53 Å².